The molecule has 100 valence electrons. The van der Waals surface area contributed by atoms with Crippen molar-refractivity contribution in [2.45, 2.75) is 39.2 Å². The van der Waals surface area contributed by atoms with E-state index < -0.39 is 0 Å². The molecule has 0 aromatic carbocycles. The SMILES string of the molecule is CSCC(C)Nc1nn2cc(C(C)(C)C)nc2s1. The van der Waals surface area contributed by atoms with Crippen molar-refractivity contribution in [3.63, 3.8) is 0 Å². The fourth-order valence-corrected chi connectivity index (χ4v) is 3.10. The summed E-state index contributed by atoms with van der Waals surface area (Å²) in [5.41, 5.74) is 1.16. The van der Waals surface area contributed by atoms with E-state index in [1.54, 1.807) is 11.3 Å². The van der Waals surface area contributed by atoms with Gasteiger partial charge in [-0.05, 0) is 13.2 Å². The molecule has 6 heteroatoms. The van der Waals surface area contributed by atoms with Crippen molar-refractivity contribution in [2.75, 3.05) is 17.3 Å². The molecule has 1 N–H and O–H groups in total. The Balaban J connectivity index is 2.17. The number of nitrogens with one attached hydrogen (secondary N) is 1. The van der Waals surface area contributed by atoms with Crippen molar-refractivity contribution in [2.24, 2.45) is 0 Å². The molecule has 0 saturated heterocycles. The summed E-state index contributed by atoms with van der Waals surface area (Å²) in [4.78, 5) is 5.59. The zero-order valence-corrected chi connectivity index (χ0v) is 13.2. The van der Waals surface area contributed by atoms with Crippen LogP contribution >= 0.6 is 23.1 Å². The van der Waals surface area contributed by atoms with Gasteiger partial charge < -0.3 is 5.32 Å². The highest BCUT2D eigenvalue weighted by molar-refractivity contribution is 7.98. The molecular formula is C12H20N4S2. The van der Waals surface area contributed by atoms with Gasteiger partial charge in [0.05, 0.1) is 11.9 Å². The number of rotatable bonds is 4. The van der Waals surface area contributed by atoms with E-state index in [0.29, 0.717) is 6.04 Å². The van der Waals surface area contributed by atoms with Crippen molar-refractivity contribution in [3.8, 4) is 0 Å². The highest BCUT2D eigenvalue weighted by atomic mass is 32.2. The third-order valence-corrected chi connectivity index (χ3v) is 4.29. The van der Waals surface area contributed by atoms with E-state index in [2.05, 4.69) is 49.4 Å². The van der Waals surface area contributed by atoms with Gasteiger partial charge in [-0.1, -0.05) is 32.1 Å². The maximum atomic E-state index is 4.63. The number of anilines is 1. The molecular weight excluding hydrogens is 264 g/mol. The normalized spacial score (nSPS) is 14.1. The fourth-order valence-electron chi connectivity index (χ4n) is 1.62. The summed E-state index contributed by atoms with van der Waals surface area (Å²) >= 11 is 3.44. The van der Waals surface area contributed by atoms with Crippen LogP contribution < -0.4 is 5.32 Å². The fraction of sp³-hybridized carbons (Fsp3) is 0.667. The summed E-state index contributed by atoms with van der Waals surface area (Å²) < 4.78 is 1.87. The Morgan fingerprint density at radius 3 is 2.78 bits per heavy atom. The molecule has 2 aromatic rings. The Bertz CT molecular complexity index is 492. The van der Waals surface area contributed by atoms with E-state index in [-0.39, 0.29) is 5.41 Å². The van der Waals surface area contributed by atoms with E-state index in [1.807, 2.05) is 22.5 Å². The minimum atomic E-state index is 0.0765. The highest BCUT2D eigenvalue weighted by Gasteiger charge is 2.19. The second-order valence-electron chi connectivity index (χ2n) is 5.51. The van der Waals surface area contributed by atoms with Crippen molar-refractivity contribution in [3.05, 3.63) is 11.9 Å². The number of fused-ring (bicyclic) bond motifs is 1. The second kappa shape index (κ2) is 5.09. The Morgan fingerprint density at radius 2 is 2.22 bits per heavy atom. The largest absolute Gasteiger partial charge is 0.357 e. The lowest BCUT2D eigenvalue weighted by Gasteiger charge is -2.13. The molecule has 0 radical (unpaired) electrons. The zero-order valence-electron chi connectivity index (χ0n) is 11.5. The number of imidazole rings is 1. The van der Waals surface area contributed by atoms with Crippen LogP contribution in [-0.2, 0) is 5.41 Å². The van der Waals surface area contributed by atoms with Crippen LogP contribution in [0.3, 0.4) is 0 Å². The predicted molar refractivity (Wildman–Crippen MR) is 81.0 cm³/mol. The van der Waals surface area contributed by atoms with Gasteiger partial charge in [0.25, 0.3) is 0 Å². The van der Waals surface area contributed by atoms with Crippen LogP contribution in [-0.4, -0.2) is 32.6 Å². The average Bonchev–Trinajstić information content (AvgIpc) is 2.73. The summed E-state index contributed by atoms with van der Waals surface area (Å²) in [5.74, 6) is 1.08. The third kappa shape index (κ3) is 2.98. The van der Waals surface area contributed by atoms with Gasteiger partial charge in [0, 0.05) is 17.2 Å². The van der Waals surface area contributed by atoms with E-state index >= 15 is 0 Å². The van der Waals surface area contributed by atoms with E-state index in [9.17, 15) is 0 Å². The first-order valence-corrected chi connectivity index (χ1v) is 8.23. The molecule has 0 aliphatic heterocycles. The number of thioether (sulfide) groups is 1. The van der Waals surface area contributed by atoms with Crippen molar-refractivity contribution >= 4 is 33.2 Å². The molecule has 0 fully saturated rings. The zero-order chi connectivity index (χ0) is 13.3. The standard InChI is InChI=1S/C12H20N4S2/c1-8(7-17-5)13-10-15-16-6-9(12(2,3)4)14-11(16)18-10/h6,8H,7H2,1-5H3,(H,13,15). The summed E-state index contributed by atoms with van der Waals surface area (Å²) in [6, 6.07) is 0.429. The molecule has 1 unspecified atom stereocenters. The third-order valence-electron chi connectivity index (χ3n) is 2.60. The Labute approximate surface area is 116 Å². The molecule has 2 rings (SSSR count). The van der Waals surface area contributed by atoms with Crippen molar-refractivity contribution < 1.29 is 0 Å². The van der Waals surface area contributed by atoms with Crippen LogP contribution in [0.4, 0.5) is 5.13 Å². The lowest BCUT2D eigenvalue weighted by Crippen LogP contribution is -2.17. The minimum absolute atomic E-state index is 0.0765. The number of hydrogen-bond donors (Lipinski definition) is 1. The molecule has 0 aliphatic carbocycles. The van der Waals surface area contributed by atoms with Gasteiger partial charge in [-0.2, -0.15) is 11.8 Å². The molecule has 18 heavy (non-hydrogen) atoms. The van der Waals surface area contributed by atoms with Gasteiger partial charge in [-0.3, -0.25) is 0 Å². The van der Waals surface area contributed by atoms with Gasteiger partial charge in [0.2, 0.25) is 10.1 Å². The molecule has 4 nitrogen and oxygen atoms in total. The van der Waals surface area contributed by atoms with E-state index in [0.717, 1.165) is 21.5 Å². The molecule has 0 amide bonds. The van der Waals surface area contributed by atoms with Gasteiger partial charge in [-0.25, -0.2) is 9.50 Å². The van der Waals surface area contributed by atoms with Crippen molar-refractivity contribution in [1.82, 2.24) is 14.6 Å². The number of aromatic nitrogens is 3. The van der Waals surface area contributed by atoms with Gasteiger partial charge in [0.1, 0.15) is 0 Å². The molecule has 0 bridgehead atoms. The summed E-state index contributed by atoms with van der Waals surface area (Å²) in [5, 5.41) is 8.87. The second-order valence-corrected chi connectivity index (χ2v) is 7.38. The highest BCUT2D eigenvalue weighted by Crippen LogP contribution is 2.26. The maximum absolute atomic E-state index is 4.63. The van der Waals surface area contributed by atoms with E-state index in [4.69, 9.17) is 0 Å². The van der Waals surface area contributed by atoms with E-state index in [1.165, 1.54) is 0 Å². The van der Waals surface area contributed by atoms with Crippen LogP contribution in [0.5, 0.6) is 0 Å². The Hall–Kier alpha value is -0.750. The first kappa shape index (κ1) is 13.7. The van der Waals surface area contributed by atoms with Gasteiger partial charge in [0.15, 0.2) is 0 Å². The molecule has 1 atom stereocenters. The average molecular weight is 284 g/mol. The summed E-state index contributed by atoms with van der Waals surface area (Å²) in [6.45, 7) is 8.67. The van der Waals surface area contributed by atoms with Crippen LogP contribution in [0.1, 0.15) is 33.4 Å². The molecule has 0 spiro atoms. The molecule has 0 aliphatic rings. The first-order chi connectivity index (χ1) is 8.40. The van der Waals surface area contributed by atoms with Crippen LogP contribution in [0, 0.1) is 0 Å². The smallest absolute Gasteiger partial charge is 0.214 e. The number of hydrogen-bond acceptors (Lipinski definition) is 5. The monoisotopic (exact) mass is 284 g/mol. The Morgan fingerprint density at radius 1 is 1.50 bits per heavy atom. The summed E-state index contributed by atoms with van der Waals surface area (Å²) in [7, 11) is 0. The lowest BCUT2D eigenvalue weighted by molar-refractivity contribution is 0.572. The van der Waals surface area contributed by atoms with Crippen LogP contribution in [0.25, 0.3) is 4.96 Å². The topological polar surface area (TPSA) is 42.2 Å². The molecule has 2 heterocycles. The minimum Gasteiger partial charge on any atom is -0.357 e. The van der Waals surface area contributed by atoms with Gasteiger partial charge in [-0.15, -0.1) is 5.10 Å². The Kier molecular flexibility index (Phi) is 3.87. The predicted octanol–water partition coefficient (Wildman–Crippen LogP) is 3.25. The van der Waals surface area contributed by atoms with Crippen LogP contribution in [0.2, 0.25) is 0 Å². The quantitative estimate of drug-likeness (QED) is 0.936. The molecule has 0 saturated carbocycles. The summed E-state index contributed by atoms with van der Waals surface area (Å²) in [6.07, 6.45) is 4.14. The van der Waals surface area contributed by atoms with Crippen molar-refractivity contribution in [1.29, 1.82) is 0 Å². The lowest BCUT2D eigenvalue weighted by atomic mass is 9.93. The van der Waals surface area contributed by atoms with Crippen LogP contribution in [0.15, 0.2) is 6.20 Å². The first-order valence-electron chi connectivity index (χ1n) is 6.02. The molecule has 2 aromatic heterocycles. The van der Waals surface area contributed by atoms with Gasteiger partial charge >= 0.3 is 0 Å². The maximum Gasteiger partial charge on any atom is 0.214 e. The number of nitrogens with zero attached hydrogens (tertiary/aromatic N) is 3.